The monoisotopic (exact) mass is 441 g/mol. The Morgan fingerprint density at radius 3 is 2.43 bits per heavy atom. The van der Waals surface area contributed by atoms with Crippen LogP contribution in [-0.4, -0.2) is 42.9 Å². The van der Waals surface area contributed by atoms with Gasteiger partial charge in [-0.25, -0.2) is 5.01 Å². The molecule has 1 amide bonds. The van der Waals surface area contributed by atoms with E-state index in [0.717, 1.165) is 54.0 Å². The molecule has 0 aromatic heterocycles. The van der Waals surface area contributed by atoms with Crippen molar-refractivity contribution in [2.75, 3.05) is 31.2 Å². The standard InChI is InChI=1S/C22H24BrN3O2/c1-2-22(27)26-21(17-3-7-18(23)8-4-17)15-20(24-26)16-5-9-19(10-6-16)25-11-13-28-14-12-25/h3-10,21H,2,11-15H2,1H3. The van der Waals surface area contributed by atoms with Gasteiger partial charge in [0.1, 0.15) is 0 Å². The molecule has 146 valence electrons. The Kier molecular flexibility index (Phi) is 5.78. The lowest BCUT2D eigenvalue weighted by atomic mass is 9.98. The van der Waals surface area contributed by atoms with E-state index in [4.69, 9.17) is 9.84 Å². The molecule has 2 aromatic rings. The Labute approximate surface area is 174 Å². The van der Waals surface area contributed by atoms with Gasteiger partial charge in [0.25, 0.3) is 0 Å². The van der Waals surface area contributed by atoms with Crippen molar-refractivity contribution in [3.05, 3.63) is 64.1 Å². The summed E-state index contributed by atoms with van der Waals surface area (Å²) in [5, 5.41) is 6.37. The average Bonchev–Trinajstić information content (AvgIpc) is 3.20. The van der Waals surface area contributed by atoms with Gasteiger partial charge in [0.15, 0.2) is 0 Å². The second kappa shape index (κ2) is 8.45. The highest BCUT2D eigenvalue weighted by molar-refractivity contribution is 9.10. The second-order valence-corrected chi connectivity index (χ2v) is 7.97. The fourth-order valence-electron chi connectivity index (χ4n) is 3.71. The topological polar surface area (TPSA) is 45.1 Å². The Bertz CT molecular complexity index is 858. The number of hydrogen-bond donors (Lipinski definition) is 0. The molecule has 0 bridgehead atoms. The molecule has 5 nitrogen and oxygen atoms in total. The highest BCUT2D eigenvalue weighted by Gasteiger charge is 2.32. The van der Waals surface area contributed by atoms with Gasteiger partial charge in [-0.05, 0) is 35.4 Å². The van der Waals surface area contributed by atoms with Crippen molar-refractivity contribution in [2.24, 2.45) is 5.10 Å². The summed E-state index contributed by atoms with van der Waals surface area (Å²) in [6, 6.07) is 16.6. The van der Waals surface area contributed by atoms with Crippen LogP contribution in [0, 0.1) is 0 Å². The molecule has 0 saturated carbocycles. The predicted molar refractivity (Wildman–Crippen MR) is 115 cm³/mol. The number of hydrazone groups is 1. The van der Waals surface area contributed by atoms with Gasteiger partial charge < -0.3 is 9.64 Å². The van der Waals surface area contributed by atoms with Gasteiger partial charge in [-0.1, -0.05) is 47.1 Å². The van der Waals surface area contributed by atoms with Crippen LogP contribution >= 0.6 is 15.9 Å². The van der Waals surface area contributed by atoms with Crippen molar-refractivity contribution in [3.63, 3.8) is 0 Å². The van der Waals surface area contributed by atoms with E-state index in [0.29, 0.717) is 6.42 Å². The predicted octanol–water partition coefficient (Wildman–Crippen LogP) is 4.37. The number of morpholine rings is 1. The molecule has 28 heavy (non-hydrogen) atoms. The lowest BCUT2D eigenvalue weighted by Crippen LogP contribution is -2.36. The minimum atomic E-state index is -0.0468. The molecule has 4 rings (SSSR count). The molecular formula is C22H24BrN3O2. The van der Waals surface area contributed by atoms with Gasteiger partial charge in [-0.2, -0.15) is 5.10 Å². The first-order valence-electron chi connectivity index (χ1n) is 9.74. The van der Waals surface area contributed by atoms with E-state index in [2.05, 4.69) is 57.2 Å². The lowest BCUT2D eigenvalue weighted by molar-refractivity contribution is -0.132. The van der Waals surface area contributed by atoms with Crippen molar-refractivity contribution < 1.29 is 9.53 Å². The average molecular weight is 442 g/mol. The number of carbonyl (C=O) groups excluding carboxylic acids is 1. The quantitative estimate of drug-likeness (QED) is 0.707. The molecule has 6 heteroatoms. The second-order valence-electron chi connectivity index (χ2n) is 7.06. The molecule has 2 aliphatic rings. The summed E-state index contributed by atoms with van der Waals surface area (Å²) in [5.74, 6) is 0.0489. The number of benzene rings is 2. The van der Waals surface area contributed by atoms with Crippen LogP contribution in [0.15, 0.2) is 58.1 Å². The van der Waals surface area contributed by atoms with Crippen LogP contribution in [0.5, 0.6) is 0 Å². The molecule has 1 atom stereocenters. The molecule has 1 unspecified atom stereocenters. The molecule has 1 saturated heterocycles. The van der Waals surface area contributed by atoms with E-state index in [1.165, 1.54) is 5.69 Å². The summed E-state index contributed by atoms with van der Waals surface area (Å²) < 4.78 is 6.46. The molecule has 0 N–H and O–H groups in total. The summed E-state index contributed by atoms with van der Waals surface area (Å²) in [7, 11) is 0. The van der Waals surface area contributed by atoms with Crippen LogP contribution in [-0.2, 0) is 9.53 Å². The van der Waals surface area contributed by atoms with E-state index >= 15 is 0 Å². The van der Waals surface area contributed by atoms with Gasteiger partial charge in [-0.15, -0.1) is 0 Å². The van der Waals surface area contributed by atoms with E-state index in [-0.39, 0.29) is 11.9 Å². The first-order chi connectivity index (χ1) is 13.7. The third-order valence-electron chi connectivity index (χ3n) is 5.30. The van der Waals surface area contributed by atoms with Crippen molar-refractivity contribution in [1.29, 1.82) is 0 Å². The van der Waals surface area contributed by atoms with Crippen molar-refractivity contribution >= 4 is 33.2 Å². The van der Waals surface area contributed by atoms with Gasteiger partial charge in [0, 0.05) is 36.1 Å². The zero-order valence-electron chi connectivity index (χ0n) is 16.0. The normalized spacial score (nSPS) is 19.6. The van der Waals surface area contributed by atoms with Crippen LogP contribution in [0.3, 0.4) is 0 Å². The van der Waals surface area contributed by atoms with Gasteiger partial charge in [0.05, 0.1) is 25.0 Å². The first kappa shape index (κ1) is 19.2. The van der Waals surface area contributed by atoms with E-state index in [1.54, 1.807) is 5.01 Å². The van der Waals surface area contributed by atoms with Gasteiger partial charge >= 0.3 is 0 Å². The smallest absolute Gasteiger partial charge is 0.242 e. The maximum atomic E-state index is 12.5. The van der Waals surface area contributed by atoms with E-state index < -0.39 is 0 Å². The minimum absolute atomic E-state index is 0.0468. The number of ether oxygens (including phenoxy) is 1. The Morgan fingerprint density at radius 2 is 1.79 bits per heavy atom. The Hall–Kier alpha value is -2.18. The third kappa shape index (κ3) is 3.98. The van der Waals surface area contributed by atoms with Crippen molar-refractivity contribution in [3.8, 4) is 0 Å². The van der Waals surface area contributed by atoms with E-state index in [1.807, 2.05) is 19.1 Å². The largest absolute Gasteiger partial charge is 0.378 e. The number of hydrogen-bond acceptors (Lipinski definition) is 4. The van der Waals surface area contributed by atoms with Crippen LogP contribution in [0.2, 0.25) is 0 Å². The summed E-state index contributed by atoms with van der Waals surface area (Å²) in [4.78, 5) is 14.8. The Morgan fingerprint density at radius 1 is 1.11 bits per heavy atom. The number of amides is 1. The Balaban J connectivity index is 1.56. The fourth-order valence-corrected chi connectivity index (χ4v) is 3.97. The third-order valence-corrected chi connectivity index (χ3v) is 5.83. The molecule has 2 aromatic carbocycles. The minimum Gasteiger partial charge on any atom is -0.378 e. The number of rotatable bonds is 4. The van der Waals surface area contributed by atoms with Crippen molar-refractivity contribution in [1.82, 2.24) is 5.01 Å². The summed E-state index contributed by atoms with van der Waals surface area (Å²) in [6.07, 6.45) is 1.17. The molecular weight excluding hydrogens is 418 g/mol. The fraction of sp³-hybridized carbons (Fsp3) is 0.364. The van der Waals surface area contributed by atoms with Crippen LogP contribution in [0.25, 0.3) is 0 Å². The lowest BCUT2D eigenvalue weighted by Gasteiger charge is -2.28. The highest BCUT2D eigenvalue weighted by Crippen LogP contribution is 2.34. The van der Waals surface area contributed by atoms with Crippen molar-refractivity contribution in [2.45, 2.75) is 25.8 Å². The number of halogens is 1. The highest BCUT2D eigenvalue weighted by atomic mass is 79.9. The number of carbonyl (C=O) groups is 1. The maximum absolute atomic E-state index is 12.5. The zero-order chi connectivity index (χ0) is 19.5. The molecule has 2 heterocycles. The molecule has 0 radical (unpaired) electrons. The van der Waals surface area contributed by atoms with Gasteiger partial charge in [0.2, 0.25) is 5.91 Å². The molecule has 0 aliphatic carbocycles. The molecule has 1 fully saturated rings. The zero-order valence-corrected chi connectivity index (χ0v) is 17.6. The summed E-state index contributed by atoms with van der Waals surface area (Å²) >= 11 is 3.48. The van der Waals surface area contributed by atoms with Crippen LogP contribution in [0.1, 0.15) is 36.9 Å². The molecule has 2 aliphatic heterocycles. The summed E-state index contributed by atoms with van der Waals surface area (Å²) in [6.45, 7) is 5.27. The van der Waals surface area contributed by atoms with Crippen LogP contribution < -0.4 is 4.90 Å². The first-order valence-corrected chi connectivity index (χ1v) is 10.5. The number of nitrogens with zero attached hydrogens (tertiary/aromatic N) is 3. The number of anilines is 1. The van der Waals surface area contributed by atoms with Gasteiger partial charge in [-0.3, -0.25) is 4.79 Å². The SMILES string of the molecule is CCC(=O)N1N=C(c2ccc(N3CCOCC3)cc2)CC1c1ccc(Br)cc1. The maximum Gasteiger partial charge on any atom is 0.242 e. The van der Waals surface area contributed by atoms with Crippen LogP contribution in [0.4, 0.5) is 5.69 Å². The molecule has 0 spiro atoms. The van der Waals surface area contributed by atoms with E-state index in [9.17, 15) is 4.79 Å². The summed E-state index contributed by atoms with van der Waals surface area (Å²) in [5.41, 5.74) is 4.35.